The van der Waals surface area contributed by atoms with E-state index in [1.807, 2.05) is 31.2 Å². The Bertz CT molecular complexity index is 634. The Kier molecular flexibility index (Phi) is 3.97. The molecule has 112 valence electrons. The number of nitrogen functional groups attached to an aromatic ring is 1. The lowest BCUT2D eigenvalue weighted by Gasteiger charge is -2.28. The molecule has 0 aliphatic heterocycles. The molecule has 0 radical (unpaired) electrons. The summed E-state index contributed by atoms with van der Waals surface area (Å²) in [6, 6.07) is 7.78. The van der Waals surface area contributed by atoms with Crippen molar-refractivity contribution < 1.29 is 9.84 Å². The Morgan fingerprint density at radius 3 is 2.76 bits per heavy atom. The molecule has 21 heavy (non-hydrogen) atoms. The van der Waals surface area contributed by atoms with Crippen molar-refractivity contribution in [3.05, 3.63) is 30.0 Å². The number of aliphatic hydroxyl groups excluding tert-OH is 1. The third kappa shape index (κ3) is 2.95. The Morgan fingerprint density at radius 2 is 2.05 bits per heavy atom. The number of aryl methyl sites for hydroxylation is 1. The number of benzene rings is 1. The van der Waals surface area contributed by atoms with E-state index in [0.717, 1.165) is 53.7 Å². The Morgan fingerprint density at radius 1 is 1.29 bits per heavy atom. The average Bonchev–Trinajstić information content (AvgIpc) is 2.47. The molecule has 1 aliphatic carbocycles. The van der Waals surface area contributed by atoms with Crippen molar-refractivity contribution in [1.82, 2.24) is 4.98 Å². The molecule has 1 aromatic heterocycles. The third-order valence-corrected chi connectivity index (χ3v) is 4.30. The first kappa shape index (κ1) is 14.1. The van der Waals surface area contributed by atoms with Gasteiger partial charge in [-0.3, -0.25) is 4.98 Å². The van der Waals surface area contributed by atoms with Crippen LogP contribution in [0.5, 0.6) is 5.75 Å². The minimum absolute atomic E-state index is 0.208. The maximum atomic E-state index is 9.21. The first-order chi connectivity index (χ1) is 10.2. The smallest absolute Gasteiger partial charge is 0.131 e. The van der Waals surface area contributed by atoms with Crippen molar-refractivity contribution in [1.29, 1.82) is 0 Å². The molecular formula is C17H22N2O2. The molecule has 3 N–H and O–H groups in total. The topological polar surface area (TPSA) is 68.4 Å². The van der Waals surface area contributed by atoms with Crippen molar-refractivity contribution in [3.8, 4) is 5.75 Å². The Labute approximate surface area is 124 Å². The summed E-state index contributed by atoms with van der Waals surface area (Å²) < 4.78 is 6.18. The second-order valence-corrected chi connectivity index (χ2v) is 5.95. The highest BCUT2D eigenvalue weighted by Crippen LogP contribution is 2.33. The van der Waals surface area contributed by atoms with E-state index in [1.165, 1.54) is 0 Å². The van der Waals surface area contributed by atoms with Crippen molar-refractivity contribution in [2.45, 2.75) is 38.7 Å². The molecule has 1 aliphatic rings. The van der Waals surface area contributed by atoms with E-state index in [1.54, 1.807) is 0 Å². The molecule has 0 atom stereocenters. The van der Waals surface area contributed by atoms with E-state index in [0.29, 0.717) is 5.92 Å². The number of ether oxygens (including phenoxy) is 1. The van der Waals surface area contributed by atoms with Crippen molar-refractivity contribution in [2.24, 2.45) is 5.92 Å². The molecule has 0 amide bonds. The van der Waals surface area contributed by atoms with Crippen molar-refractivity contribution >= 4 is 16.6 Å². The molecule has 2 aromatic rings. The summed E-state index contributed by atoms with van der Waals surface area (Å²) >= 11 is 0. The Hall–Kier alpha value is -1.81. The number of hydrogen-bond acceptors (Lipinski definition) is 4. The van der Waals surface area contributed by atoms with Gasteiger partial charge in [0.15, 0.2) is 0 Å². The van der Waals surface area contributed by atoms with Gasteiger partial charge >= 0.3 is 0 Å². The maximum absolute atomic E-state index is 9.21. The first-order valence-corrected chi connectivity index (χ1v) is 7.60. The second-order valence-electron chi connectivity index (χ2n) is 5.95. The molecule has 4 heteroatoms. The minimum Gasteiger partial charge on any atom is -0.490 e. The van der Waals surface area contributed by atoms with Crippen molar-refractivity contribution in [2.75, 3.05) is 12.3 Å². The predicted molar refractivity (Wildman–Crippen MR) is 84.4 cm³/mol. The molecule has 0 bridgehead atoms. The number of pyridine rings is 1. The van der Waals surface area contributed by atoms with Crippen LogP contribution >= 0.6 is 0 Å². The zero-order valence-corrected chi connectivity index (χ0v) is 12.4. The van der Waals surface area contributed by atoms with Crippen molar-refractivity contribution in [3.63, 3.8) is 0 Å². The molecule has 1 heterocycles. The van der Waals surface area contributed by atoms with Gasteiger partial charge in [0.25, 0.3) is 0 Å². The van der Waals surface area contributed by atoms with Gasteiger partial charge in [0.1, 0.15) is 5.75 Å². The van der Waals surface area contributed by atoms with E-state index in [9.17, 15) is 5.11 Å². The third-order valence-electron chi connectivity index (χ3n) is 4.30. The largest absolute Gasteiger partial charge is 0.490 e. The molecule has 0 unspecified atom stereocenters. The average molecular weight is 286 g/mol. The van der Waals surface area contributed by atoms with Gasteiger partial charge in [-0.1, -0.05) is 6.07 Å². The van der Waals surface area contributed by atoms with E-state index >= 15 is 0 Å². The lowest BCUT2D eigenvalue weighted by atomic mass is 9.88. The van der Waals surface area contributed by atoms with Crippen LogP contribution in [-0.2, 0) is 0 Å². The van der Waals surface area contributed by atoms with Gasteiger partial charge in [-0.25, -0.2) is 0 Å². The number of nitrogens with two attached hydrogens (primary N) is 1. The molecule has 3 rings (SSSR count). The highest BCUT2D eigenvalue weighted by atomic mass is 16.5. The van der Waals surface area contributed by atoms with Crippen LogP contribution in [0.4, 0.5) is 5.69 Å². The summed E-state index contributed by atoms with van der Waals surface area (Å²) in [5, 5.41) is 10.1. The number of rotatable bonds is 3. The van der Waals surface area contributed by atoms with Gasteiger partial charge in [-0.05, 0) is 56.7 Å². The maximum Gasteiger partial charge on any atom is 0.131 e. The number of nitrogens with zero attached hydrogens (tertiary/aromatic N) is 1. The molecule has 0 saturated heterocycles. The molecular weight excluding hydrogens is 264 g/mol. The van der Waals surface area contributed by atoms with Gasteiger partial charge in [0.05, 0.1) is 17.0 Å². The fourth-order valence-corrected chi connectivity index (χ4v) is 3.13. The van der Waals surface area contributed by atoms with Crippen LogP contribution in [0, 0.1) is 12.8 Å². The van der Waals surface area contributed by atoms with Crippen LogP contribution in [0.1, 0.15) is 31.4 Å². The monoisotopic (exact) mass is 286 g/mol. The number of hydrogen-bond donors (Lipinski definition) is 2. The van der Waals surface area contributed by atoms with E-state index in [4.69, 9.17) is 10.5 Å². The van der Waals surface area contributed by atoms with Gasteiger partial charge in [-0.15, -0.1) is 0 Å². The SMILES string of the molecule is Cc1cc(N)c2c(O[C@H]3CC[C@H](CO)CC3)cccc2n1. The normalized spacial score (nSPS) is 22.4. The molecule has 4 nitrogen and oxygen atoms in total. The standard InChI is InChI=1S/C17H22N2O2/c1-11-9-14(18)17-15(19-11)3-2-4-16(17)21-13-7-5-12(10-20)6-8-13/h2-4,9,12-13,20H,5-8,10H2,1H3,(H2,18,19)/t12-,13-. The summed E-state index contributed by atoms with van der Waals surface area (Å²) in [7, 11) is 0. The number of aliphatic hydroxyl groups is 1. The fraction of sp³-hybridized carbons (Fsp3) is 0.471. The summed E-state index contributed by atoms with van der Waals surface area (Å²) in [6.07, 6.45) is 4.23. The highest BCUT2D eigenvalue weighted by Gasteiger charge is 2.22. The molecule has 1 saturated carbocycles. The van der Waals surface area contributed by atoms with Crippen LogP contribution in [0.3, 0.4) is 0 Å². The van der Waals surface area contributed by atoms with Crippen LogP contribution in [0.2, 0.25) is 0 Å². The second kappa shape index (κ2) is 5.90. The fourth-order valence-electron chi connectivity index (χ4n) is 3.13. The summed E-state index contributed by atoms with van der Waals surface area (Å²) in [5.41, 5.74) is 8.67. The van der Waals surface area contributed by atoms with Gasteiger partial charge in [-0.2, -0.15) is 0 Å². The van der Waals surface area contributed by atoms with E-state index in [2.05, 4.69) is 4.98 Å². The highest BCUT2D eigenvalue weighted by molar-refractivity contribution is 5.95. The Balaban J connectivity index is 1.84. The van der Waals surface area contributed by atoms with Gasteiger partial charge in [0.2, 0.25) is 0 Å². The number of anilines is 1. The van der Waals surface area contributed by atoms with E-state index in [-0.39, 0.29) is 12.7 Å². The zero-order chi connectivity index (χ0) is 14.8. The molecule has 1 fully saturated rings. The lowest BCUT2D eigenvalue weighted by Crippen LogP contribution is -2.25. The zero-order valence-electron chi connectivity index (χ0n) is 12.4. The van der Waals surface area contributed by atoms with Crippen LogP contribution in [-0.4, -0.2) is 22.8 Å². The first-order valence-electron chi connectivity index (χ1n) is 7.60. The van der Waals surface area contributed by atoms with Gasteiger partial charge < -0.3 is 15.6 Å². The minimum atomic E-state index is 0.208. The molecule has 1 aromatic carbocycles. The lowest BCUT2D eigenvalue weighted by molar-refractivity contribution is 0.105. The summed E-state index contributed by atoms with van der Waals surface area (Å²) in [4.78, 5) is 4.52. The summed E-state index contributed by atoms with van der Waals surface area (Å²) in [5.74, 6) is 1.26. The van der Waals surface area contributed by atoms with E-state index < -0.39 is 0 Å². The predicted octanol–water partition coefficient (Wildman–Crippen LogP) is 3.06. The quantitative estimate of drug-likeness (QED) is 0.910. The van der Waals surface area contributed by atoms with Crippen LogP contribution < -0.4 is 10.5 Å². The number of fused-ring (bicyclic) bond motifs is 1. The summed E-state index contributed by atoms with van der Waals surface area (Å²) in [6.45, 7) is 2.23. The number of aromatic nitrogens is 1. The molecule has 0 spiro atoms. The van der Waals surface area contributed by atoms with Crippen LogP contribution in [0.25, 0.3) is 10.9 Å². The van der Waals surface area contributed by atoms with Gasteiger partial charge in [0, 0.05) is 18.0 Å². The van der Waals surface area contributed by atoms with Crippen LogP contribution in [0.15, 0.2) is 24.3 Å².